The zero-order chi connectivity index (χ0) is 33.7. The maximum Gasteiger partial charge on any atom is 0.407 e. The van der Waals surface area contributed by atoms with E-state index in [0.717, 1.165) is 31.3 Å². The number of alkyl carbamates (subject to hydrolysis) is 1. The van der Waals surface area contributed by atoms with Gasteiger partial charge in [-0.1, -0.05) is 49.8 Å². The van der Waals surface area contributed by atoms with Crippen LogP contribution in [0.15, 0.2) is 48.1 Å². The summed E-state index contributed by atoms with van der Waals surface area (Å²) in [6, 6.07) is 4.56. The summed E-state index contributed by atoms with van der Waals surface area (Å²) in [5.41, 5.74) is 0.0107. The fraction of sp³-hybridized carbons (Fsp3) is 0.588. The smallest absolute Gasteiger partial charge is 0.407 e. The monoisotopic (exact) mass is 662 g/mol. The van der Waals surface area contributed by atoms with Crippen molar-refractivity contribution in [3.8, 4) is 5.75 Å². The van der Waals surface area contributed by atoms with Gasteiger partial charge in [-0.2, -0.15) is 0 Å². The molecule has 1 aliphatic carbocycles. The van der Waals surface area contributed by atoms with Crippen LogP contribution in [0.3, 0.4) is 0 Å². The second-order valence-corrected chi connectivity index (χ2v) is 13.2. The SMILES string of the molecule is CC(C)CC(NC(=O)C(OC1CCCCO1)C(CC1=CC=CCC1)NC(=O)OC(C)(C)C)C(=O)Oc1ccc(COC(=O)Cl)cc1. The van der Waals surface area contributed by atoms with Gasteiger partial charge in [0.2, 0.25) is 0 Å². The summed E-state index contributed by atoms with van der Waals surface area (Å²) in [6.45, 7) is 9.61. The van der Waals surface area contributed by atoms with Gasteiger partial charge in [-0.25, -0.2) is 14.4 Å². The van der Waals surface area contributed by atoms with Crippen LogP contribution in [0.5, 0.6) is 5.75 Å². The number of rotatable bonds is 14. The van der Waals surface area contributed by atoms with E-state index in [0.29, 0.717) is 31.4 Å². The Bertz CT molecular complexity index is 1230. The molecule has 0 bridgehead atoms. The highest BCUT2D eigenvalue weighted by Gasteiger charge is 2.37. The molecule has 1 aromatic carbocycles. The molecule has 1 aromatic rings. The zero-order valence-corrected chi connectivity index (χ0v) is 28.1. The fourth-order valence-electron chi connectivity index (χ4n) is 5.04. The van der Waals surface area contributed by atoms with Crippen molar-refractivity contribution in [3.63, 3.8) is 0 Å². The number of carbonyl (C=O) groups excluding carboxylic acids is 4. The van der Waals surface area contributed by atoms with Gasteiger partial charge in [0.15, 0.2) is 12.4 Å². The van der Waals surface area contributed by atoms with Crippen molar-refractivity contribution >= 4 is 35.0 Å². The van der Waals surface area contributed by atoms with Crippen LogP contribution in [0.4, 0.5) is 9.59 Å². The zero-order valence-electron chi connectivity index (χ0n) is 27.3. The average molecular weight is 663 g/mol. The molecule has 1 saturated heterocycles. The van der Waals surface area contributed by atoms with Crippen molar-refractivity contribution in [2.24, 2.45) is 5.92 Å². The molecule has 3 rings (SSSR count). The standard InChI is InChI=1S/C34H47ClN2O9/c1-22(2)19-27(31(39)44-25-16-14-24(15-17-25)21-43-32(35)40)36-30(38)29(45-28-13-9-10-18-42-28)26(20-23-11-7-6-8-12-23)37-33(41)46-34(3,4)5/h6-7,11,14-17,22,26-29H,8-10,12-13,18-21H2,1-5H3,(H,36,38)(H,37,41). The van der Waals surface area contributed by atoms with E-state index in [2.05, 4.69) is 16.7 Å². The highest BCUT2D eigenvalue weighted by Crippen LogP contribution is 2.24. The summed E-state index contributed by atoms with van der Waals surface area (Å²) in [6.07, 6.45) is 8.03. The van der Waals surface area contributed by atoms with E-state index in [1.807, 2.05) is 26.0 Å². The lowest BCUT2D eigenvalue weighted by atomic mass is 9.94. The van der Waals surface area contributed by atoms with E-state index in [4.69, 9.17) is 35.3 Å². The maximum atomic E-state index is 14.1. The Morgan fingerprint density at radius 3 is 2.39 bits per heavy atom. The topological polar surface area (TPSA) is 138 Å². The second-order valence-electron chi connectivity index (χ2n) is 12.9. The van der Waals surface area contributed by atoms with Gasteiger partial charge in [-0.05, 0) is 89.3 Å². The summed E-state index contributed by atoms with van der Waals surface area (Å²) in [7, 11) is 0. The van der Waals surface area contributed by atoms with Crippen LogP contribution in [0.1, 0.15) is 85.1 Å². The lowest BCUT2D eigenvalue weighted by Crippen LogP contribution is -2.57. The van der Waals surface area contributed by atoms with Crippen molar-refractivity contribution < 1.29 is 42.9 Å². The molecular formula is C34H47ClN2O9. The highest BCUT2D eigenvalue weighted by atomic mass is 35.5. The van der Waals surface area contributed by atoms with E-state index in [-0.39, 0.29) is 18.3 Å². The molecule has 254 valence electrons. The van der Waals surface area contributed by atoms with Crippen molar-refractivity contribution in [3.05, 3.63) is 53.6 Å². The normalized spacial score (nSPS) is 18.5. The number of amides is 2. The molecule has 2 aliphatic rings. The molecule has 4 unspecified atom stereocenters. The number of allylic oxidation sites excluding steroid dienone is 3. The quantitative estimate of drug-likeness (QED) is 0.130. The van der Waals surface area contributed by atoms with Gasteiger partial charge >= 0.3 is 17.5 Å². The van der Waals surface area contributed by atoms with Gasteiger partial charge in [0, 0.05) is 18.2 Å². The number of carbonyl (C=O) groups is 4. The van der Waals surface area contributed by atoms with E-state index in [9.17, 15) is 19.2 Å². The number of benzene rings is 1. The Hall–Kier alpha value is -3.41. The molecule has 1 aliphatic heterocycles. The molecular weight excluding hydrogens is 616 g/mol. The van der Waals surface area contributed by atoms with Crippen LogP contribution in [-0.4, -0.2) is 60.1 Å². The Morgan fingerprint density at radius 2 is 1.80 bits per heavy atom. The number of hydrogen-bond donors (Lipinski definition) is 2. The minimum absolute atomic E-state index is 0.0274. The van der Waals surface area contributed by atoms with Crippen LogP contribution in [0.25, 0.3) is 0 Å². The first-order chi connectivity index (χ1) is 21.8. The average Bonchev–Trinajstić information content (AvgIpc) is 2.98. The van der Waals surface area contributed by atoms with Gasteiger partial charge in [0.1, 0.15) is 24.0 Å². The number of halogens is 1. The molecule has 0 spiro atoms. The first-order valence-electron chi connectivity index (χ1n) is 15.8. The van der Waals surface area contributed by atoms with E-state index in [1.165, 1.54) is 0 Å². The Kier molecular flexibility index (Phi) is 14.5. The predicted octanol–water partition coefficient (Wildman–Crippen LogP) is 6.47. The molecule has 12 heteroatoms. The maximum absolute atomic E-state index is 14.1. The van der Waals surface area contributed by atoms with Gasteiger partial charge in [-0.15, -0.1) is 0 Å². The molecule has 2 amide bonds. The van der Waals surface area contributed by atoms with Crippen LogP contribution >= 0.6 is 11.6 Å². The summed E-state index contributed by atoms with van der Waals surface area (Å²) in [5.74, 6) is -0.963. The third kappa shape index (κ3) is 13.5. The van der Waals surface area contributed by atoms with Crippen molar-refractivity contribution in [2.75, 3.05) is 6.61 Å². The number of ether oxygens (including phenoxy) is 5. The Labute approximate surface area is 276 Å². The first kappa shape index (κ1) is 37.1. The third-order valence-electron chi connectivity index (χ3n) is 7.15. The van der Waals surface area contributed by atoms with Gasteiger partial charge < -0.3 is 34.3 Å². The first-order valence-corrected chi connectivity index (χ1v) is 16.2. The molecule has 2 N–H and O–H groups in total. The summed E-state index contributed by atoms with van der Waals surface area (Å²) < 4.78 is 28.1. The number of nitrogens with one attached hydrogen (secondary N) is 2. The van der Waals surface area contributed by atoms with Crippen LogP contribution in [-0.2, 0) is 35.1 Å². The van der Waals surface area contributed by atoms with Crippen molar-refractivity contribution in [1.29, 1.82) is 0 Å². The molecule has 0 radical (unpaired) electrons. The molecule has 1 fully saturated rings. The van der Waals surface area contributed by atoms with Crippen LogP contribution in [0.2, 0.25) is 0 Å². The van der Waals surface area contributed by atoms with Gasteiger partial charge in [-0.3, -0.25) is 4.79 Å². The predicted molar refractivity (Wildman–Crippen MR) is 172 cm³/mol. The number of esters is 1. The lowest BCUT2D eigenvalue weighted by molar-refractivity contribution is -0.197. The second kappa shape index (κ2) is 18.1. The van der Waals surface area contributed by atoms with Crippen molar-refractivity contribution in [1.82, 2.24) is 10.6 Å². The van der Waals surface area contributed by atoms with Crippen LogP contribution in [0, 0.1) is 5.92 Å². The Balaban J connectivity index is 1.84. The minimum Gasteiger partial charge on any atom is -0.449 e. The van der Waals surface area contributed by atoms with E-state index >= 15 is 0 Å². The molecule has 4 atom stereocenters. The Morgan fingerprint density at radius 1 is 1.07 bits per heavy atom. The molecule has 11 nitrogen and oxygen atoms in total. The largest absolute Gasteiger partial charge is 0.449 e. The summed E-state index contributed by atoms with van der Waals surface area (Å²) in [5, 5.41) is 5.72. The minimum atomic E-state index is -1.20. The summed E-state index contributed by atoms with van der Waals surface area (Å²) >= 11 is 5.23. The molecule has 0 saturated carbocycles. The van der Waals surface area contributed by atoms with Gasteiger partial charge in [0.05, 0.1) is 6.04 Å². The summed E-state index contributed by atoms with van der Waals surface area (Å²) in [4.78, 5) is 51.4. The highest BCUT2D eigenvalue weighted by molar-refractivity contribution is 6.61. The molecule has 1 heterocycles. The van der Waals surface area contributed by atoms with E-state index < -0.39 is 53.5 Å². The van der Waals surface area contributed by atoms with Gasteiger partial charge in [0.25, 0.3) is 5.91 Å². The molecule has 0 aromatic heterocycles. The number of hydrogen-bond acceptors (Lipinski definition) is 9. The van der Waals surface area contributed by atoms with E-state index in [1.54, 1.807) is 45.0 Å². The lowest BCUT2D eigenvalue weighted by Gasteiger charge is -2.34. The van der Waals surface area contributed by atoms with Crippen molar-refractivity contribution in [2.45, 2.75) is 116 Å². The molecule has 46 heavy (non-hydrogen) atoms. The van der Waals surface area contributed by atoms with Crippen LogP contribution < -0.4 is 15.4 Å². The third-order valence-corrected chi connectivity index (χ3v) is 7.26. The fourth-order valence-corrected chi connectivity index (χ4v) is 5.09.